The lowest BCUT2D eigenvalue weighted by Crippen LogP contribution is -2.23. The van der Waals surface area contributed by atoms with E-state index in [1.807, 2.05) is 50.1 Å². The van der Waals surface area contributed by atoms with Crippen LogP contribution in [0.2, 0.25) is 0 Å². The quantitative estimate of drug-likeness (QED) is 0.850. The van der Waals surface area contributed by atoms with Crippen LogP contribution in [0.1, 0.15) is 32.3 Å². The molecule has 0 unspecified atom stereocenters. The van der Waals surface area contributed by atoms with Gasteiger partial charge in [0.25, 0.3) is 0 Å². The molecule has 5 nitrogen and oxygen atoms in total. The standard InChI is InChI=1S/C18H24N4O/c1-4-15(5-2)18(23)19-16-11-12-17(21-20-16)22(3)13-14-9-7-6-8-10-14/h6-12,15H,4-5,13H2,1-3H3,(H,19,20,23). The molecule has 2 aromatic rings. The van der Waals surface area contributed by atoms with E-state index >= 15 is 0 Å². The molecule has 2 rings (SSSR count). The van der Waals surface area contributed by atoms with Crippen molar-refractivity contribution in [2.75, 3.05) is 17.3 Å². The van der Waals surface area contributed by atoms with Gasteiger partial charge in [-0.1, -0.05) is 44.2 Å². The lowest BCUT2D eigenvalue weighted by atomic mass is 10.0. The number of carbonyl (C=O) groups is 1. The van der Waals surface area contributed by atoms with E-state index in [2.05, 4.69) is 27.6 Å². The molecule has 1 aromatic heterocycles. The number of hydrogen-bond donors (Lipinski definition) is 1. The maximum absolute atomic E-state index is 12.0. The van der Waals surface area contributed by atoms with Crippen LogP contribution in [0.15, 0.2) is 42.5 Å². The van der Waals surface area contributed by atoms with Crippen molar-refractivity contribution in [2.45, 2.75) is 33.2 Å². The lowest BCUT2D eigenvalue weighted by Gasteiger charge is -2.18. The zero-order valence-corrected chi connectivity index (χ0v) is 14.0. The van der Waals surface area contributed by atoms with E-state index in [1.54, 1.807) is 6.07 Å². The molecular formula is C18H24N4O. The average Bonchev–Trinajstić information content (AvgIpc) is 2.57. The summed E-state index contributed by atoms with van der Waals surface area (Å²) in [5.41, 5.74) is 1.21. The molecule has 0 fully saturated rings. The van der Waals surface area contributed by atoms with E-state index < -0.39 is 0 Å². The smallest absolute Gasteiger partial charge is 0.228 e. The summed E-state index contributed by atoms with van der Waals surface area (Å²) in [6.07, 6.45) is 1.65. The minimum atomic E-state index is 0.00897. The Morgan fingerprint density at radius 3 is 2.35 bits per heavy atom. The summed E-state index contributed by atoms with van der Waals surface area (Å²) < 4.78 is 0. The molecule has 0 aliphatic heterocycles. The third-order valence-electron chi connectivity index (χ3n) is 3.91. The lowest BCUT2D eigenvalue weighted by molar-refractivity contribution is -0.120. The number of benzene rings is 1. The number of nitrogens with zero attached hydrogens (tertiary/aromatic N) is 3. The van der Waals surface area contributed by atoms with E-state index in [4.69, 9.17) is 0 Å². The van der Waals surface area contributed by atoms with Gasteiger partial charge in [0.05, 0.1) is 0 Å². The van der Waals surface area contributed by atoms with Gasteiger partial charge in [0.1, 0.15) is 0 Å². The van der Waals surface area contributed by atoms with Gasteiger partial charge in [0.15, 0.2) is 11.6 Å². The second kappa shape index (κ2) is 8.27. The molecule has 1 heterocycles. The molecule has 23 heavy (non-hydrogen) atoms. The summed E-state index contributed by atoms with van der Waals surface area (Å²) >= 11 is 0. The van der Waals surface area contributed by atoms with Crippen LogP contribution in [0, 0.1) is 5.92 Å². The molecular weight excluding hydrogens is 288 g/mol. The van der Waals surface area contributed by atoms with Crippen molar-refractivity contribution in [3.63, 3.8) is 0 Å². The molecule has 0 saturated heterocycles. The maximum atomic E-state index is 12.0. The third-order valence-corrected chi connectivity index (χ3v) is 3.91. The Hall–Kier alpha value is -2.43. The second-order valence-corrected chi connectivity index (χ2v) is 5.62. The highest BCUT2D eigenvalue weighted by atomic mass is 16.1. The number of nitrogens with one attached hydrogen (secondary N) is 1. The van der Waals surface area contributed by atoms with Crippen LogP contribution in [-0.2, 0) is 11.3 Å². The largest absolute Gasteiger partial charge is 0.354 e. The van der Waals surface area contributed by atoms with Gasteiger partial charge in [-0.25, -0.2) is 0 Å². The molecule has 1 N–H and O–H groups in total. The summed E-state index contributed by atoms with van der Waals surface area (Å²) in [5, 5.41) is 11.1. The Morgan fingerprint density at radius 2 is 1.78 bits per heavy atom. The van der Waals surface area contributed by atoms with Crippen molar-refractivity contribution in [1.82, 2.24) is 10.2 Å². The first kappa shape index (κ1) is 16.9. The summed E-state index contributed by atoms with van der Waals surface area (Å²) in [4.78, 5) is 14.1. The topological polar surface area (TPSA) is 58.1 Å². The highest BCUT2D eigenvalue weighted by Gasteiger charge is 2.15. The monoisotopic (exact) mass is 312 g/mol. The van der Waals surface area contributed by atoms with Crippen molar-refractivity contribution in [3.8, 4) is 0 Å². The molecule has 1 amide bonds. The van der Waals surface area contributed by atoms with Gasteiger partial charge < -0.3 is 10.2 Å². The summed E-state index contributed by atoms with van der Waals surface area (Å²) in [6, 6.07) is 13.9. The molecule has 0 saturated carbocycles. The van der Waals surface area contributed by atoms with Crippen molar-refractivity contribution < 1.29 is 4.79 Å². The first-order chi connectivity index (χ1) is 11.1. The summed E-state index contributed by atoms with van der Waals surface area (Å²) in [7, 11) is 1.97. The van der Waals surface area contributed by atoms with Crippen LogP contribution < -0.4 is 10.2 Å². The van der Waals surface area contributed by atoms with E-state index in [0.717, 1.165) is 25.2 Å². The fraction of sp³-hybridized carbons (Fsp3) is 0.389. The molecule has 0 bridgehead atoms. The highest BCUT2D eigenvalue weighted by molar-refractivity contribution is 5.91. The number of anilines is 2. The highest BCUT2D eigenvalue weighted by Crippen LogP contribution is 2.15. The van der Waals surface area contributed by atoms with Gasteiger partial charge in [0.2, 0.25) is 5.91 Å². The number of amides is 1. The molecule has 0 aliphatic rings. The van der Waals surface area contributed by atoms with Gasteiger partial charge in [-0.05, 0) is 30.5 Å². The Morgan fingerprint density at radius 1 is 1.09 bits per heavy atom. The van der Waals surface area contributed by atoms with E-state index in [1.165, 1.54) is 5.56 Å². The maximum Gasteiger partial charge on any atom is 0.228 e. The third kappa shape index (κ3) is 4.77. The van der Waals surface area contributed by atoms with E-state index in [0.29, 0.717) is 5.82 Å². The van der Waals surface area contributed by atoms with Gasteiger partial charge in [-0.2, -0.15) is 0 Å². The van der Waals surface area contributed by atoms with Crippen LogP contribution in [-0.4, -0.2) is 23.2 Å². The Bertz CT molecular complexity index is 609. The van der Waals surface area contributed by atoms with Crippen LogP contribution >= 0.6 is 0 Å². The zero-order chi connectivity index (χ0) is 16.7. The minimum Gasteiger partial charge on any atom is -0.354 e. The molecule has 0 radical (unpaired) electrons. The van der Waals surface area contributed by atoms with Crippen LogP contribution in [0.3, 0.4) is 0 Å². The first-order valence-electron chi connectivity index (χ1n) is 8.03. The van der Waals surface area contributed by atoms with E-state index in [9.17, 15) is 4.79 Å². The number of carbonyl (C=O) groups excluding carboxylic acids is 1. The van der Waals surface area contributed by atoms with Gasteiger partial charge in [0, 0.05) is 19.5 Å². The second-order valence-electron chi connectivity index (χ2n) is 5.62. The van der Waals surface area contributed by atoms with Crippen molar-refractivity contribution in [1.29, 1.82) is 0 Å². The fourth-order valence-corrected chi connectivity index (χ4v) is 2.42. The summed E-state index contributed by atoms with van der Waals surface area (Å²) in [6.45, 7) is 4.79. The molecule has 0 atom stereocenters. The normalized spacial score (nSPS) is 10.6. The van der Waals surface area contributed by atoms with Crippen molar-refractivity contribution in [3.05, 3.63) is 48.0 Å². The predicted molar refractivity (Wildman–Crippen MR) is 93.3 cm³/mol. The summed E-state index contributed by atoms with van der Waals surface area (Å²) in [5.74, 6) is 1.31. The van der Waals surface area contributed by atoms with E-state index in [-0.39, 0.29) is 11.8 Å². The average molecular weight is 312 g/mol. The number of hydrogen-bond acceptors (Lipinski definition) is 4. The molecule has 0 spiro atoms. The fourth-order valence-electron chi connectivity index (χ4n) is 2.42. The Kier molecular flexibility index (Phi) is 6.09. The predicted octanol–water partition coefficient (Wildman–Crippen LogP) is 3.49. The first-order valence-corrected chi connectivity index (χ1v) is 8.03. The van der Waals surface area contributed by atoms with Gasteiger partial charge in [-0.15, -0.1) is 10.2 Å². The zero-order valence-electron chi connectivity index (χ0n) is 14.0. The number of rotatable bonds is 7. The Balaban J connectivity index is 1.97. The van der Waals surface area contributed by atoms with Gasteiger partial charge in [-0.3, -0.25) is 4.79 Å². The Labute approximate surface area is 137 Å². The molecule has 1 aromatic carbocycles. The van der Waals surface area contributed by atoms with Crippen LogP contribution in [0.4, 0.5) is 11.6 Å². The molecule has 0 aliphatic carbocycles. The molecule has 122 valence electrons. The van der Waals surface area contributed by atoms with Crippen LogP contribution in [0.25, 0.3) is 0 Å². The van der Waals surface area contributed by atoms with Crippen LogP contribution in [0.5, 0.6) is 0 Å². The number of aromatic nitrogens is 2. The van der Waals surface area contributed by atoms with Crippen molar-refractivity contribution in [2.24, 2.45) is 5.92 Å². The van der Waals surface area contributed by atoms with Gasteiger partial charge >= 0.3 is 0 Å². The van der Waals surface area contributed by atoms with Crippen molar-refractivity contribution >= 4 is 17.5 Å². The minimum absolute atomic E-state index is 0.00897. The SMILES string of the molecule is CCC(CC)C(=O)Nc1ccc(N(C)Cc2ccccc2)nn1. The molecule has 5 heteroatoms.